The number of amides is 1. The van der Waals surface area contributed by atoms with Crippen molar-refractivity contribution in [2.45, 2.75) is 33.1 Å². The van der Waals surface area contributed by atoms with Gasteiger partial charge in [-0.2, -0.15) is 0 Å². The number of carbonyl (C=O) groups is 1. The molecular formula is C16H19BrN2O. The second-order valence-corrected chi connectivity index (χ2v) is 7.45. The molecule has 2 fully saturated rings. The Morgan fingerprint density at radius 2 is 2.25 bits per heavy atom. The van der Waals surface area contributed by atoms with Gasteiger partial charge in [0.05, 0.1) is 5.41 Å². The molecule has 2 bridgehead atoms. The highest BCUT2D eigenvalue weighted by Gasteiger charge is 2.60. The molecule has 0 saturated heterocycles. The Balaban J connectivity index is 1.84. The van der Waals surface area contributed by atoms with E-state index in [1.807, 2.05) is 12.1 Å². The molecule has 3 nitrogen and oxygen atoms in total. The zero-order chi connectivity index (χ0) is 14.5. The quantitative estimate of drug-likeness (QED) is 0.825. The van der Waals surface area contributed by atoms with E-state index >= 15 is 0 Å². The number of halogens is 1. The van der Waals surface area contributed by atoms with Gasteiger partial charge in [-0.1, -0.05) is 26.0 Å². The van der Waals surface area contributed by atoms with Gasteiger partial charge in [-0.05, 0) is 58.7 Å². The number of aromatic nitrogens is 1. The molecule has 0 spiro atoms. The average Bonchev–Trinajstić information content (AvgIpc) is 2.93. The molecule has 1 heterocycles. The average molecular weight is 335 g/mol. The lowest BCUT2D eigenvalue weighted by Gasteiger charge is -2.37. The molecule has 1 aromatic heterocycles. The van der Waals surface area contributed by atoms with E-state index in [4.69, 9.17) is 0 Å². The molecule has 4 heteroatoms. The molecule has 0 aliphatic heterocycles. The minimum Gasteiger partial charge on any atom is -0.310 e. The van der Waals surface area contributed by atoms with E-state index < -0.39 is 0 Å². The maximum absolute atomic E-state index is 12.8. The fourth-order valence-electron chi connectivity index (χ4n) is 3.83. The standard InChI is InChI=1S/C16H19BrN2O/c1-10-15(2,3)11-6-7-16(10,8-11)14(20)19-13-5-4-12(17)9-18-13/h4-5,9,11H,1,6-8H2,2-3H3,(H,18,19,20)/t11-,16+/m0/s1. The number of fused-ring (bicyclic) bond motifs is 2. The number of rotatable bonds is 2. The van der Waals surface area contributed by atoms with Crippen molar-refractivity contribution in [2.75, 3.05) is 5.32 Å². The Kier molecular flexibility index (Phi) is 3.05. The Morgan fingerprint density at radius 1 is 1.50 bits per heavy atom. The summed E-state index contributed by atoms with van der Waals surface area (Å²) in [4.78, 5) is 17.0. The number of nitrogens with zero attached hydrogens (tertiary/aromatic N) is 1. The molecule has 2 aliphatic carbocycles. The van der Waals surface area contributed by atoms with Crippen LogP contribution in [-0.2, 0) is 4.79 Å². The Bertz CT molecular complexity index is 579. The van der Waals surface area contributed by atoms with Crippen LogP contribution in [0.15, 0.2) is 35.0 Å². The van der Waals surface area contributed by atoms with Gasteiger partial charge in [0, 0.05) is 10.7 Å². The van der Waals surface area contributed by atoms with E-state index in [9.17, 15) is 4.79 Å². The molecule has 1 aromatic rings. The third-order valence-corrected chi connectivity index (χ3v) is 5.76. The van der Waals surface area contributed by atoms with Crippen LogP contribution in [0.1, 0.15) is 33.1 Å². The summed E-state index contributed by atoms with van der Waals surface area (Å²) in [5, 5.41) is 2.97. The lowest BCUT2D eigenvalue weighted by Crippen LogP contribution is -2.37. The molecule has 2 atom stereocenters. The van der Waals surface area contributed by atoms with Crippen molar-refractivity contribution in [3.8, 4) is 0 Å². The largest absolute Gasteiger partial charge is 0.310 e. The summed E-state index contributed by atoms with van der Waals surface area (Å²) in [7, 11) is 0. The van der Waals surface area contributed by atoms with Gasteiger partial charge >= 0.3 is 0 Å². The summed E-state index contributed by atoms with van der Waals surface area (Å²) in [6, 6.07) is 3.69. The Hall–Kier alpha value is -1.16. The van der Waals surface area contributed by atoms with Crippen molar-refractivity contribution in [1.29, 1.82) is 0 Å². The summed E-state index contributed by atoms with van der Waals surface area (Å²) in [6.07, 6.45) is 4.66. The van der Waals surface area contributed by atoms with E-state index in [1.54, 1.807) is 6.20 Å². The van der Waals surface area contributed by atoms with Gasteiger partial charge in [0.25, 0.3) is 0 Å². The molecule has 0 unspecified atom stereocenters. The number of anilines is 1. The zero-order valence-corrected chi connectivity index (χ0v) is 13.5. The maximum atomic E-state index is 12.8. The predicted octanol–water partition coefficient (Wildman–Crippen LogP) is 4.17. The summed E-state index contributed by atoms with van der Waals surface area (Å²) in [5.41, 5.74) is 0.780. The summed E-state index contributed by atoms with van der Waals surface area (Å²) in [5.74, 6) is 1.25. The predicted molar refractivity (Wildman–Crippen MR) is 83.3 cm³/mol. The van der Waals surface area contributed by atoms with Gasteiger partial charge in [0.2, 0.25) is 5.91 Å². The Labute approximate surface area is 128 Å². The van der Waals surface area contributed by atoms with E-state index in [-0.39, 0.29) is 16.7 Å². The number of carbonyl (C=O) groups excluding carboxylic acids is 1. The van der Waals surface area contributed by atoms with E-state index in [2.05, 4.69) is 46.7 Å². The van der Waals surface area contributed by atoms with Gasteiger partial charge in [-0.3, -0.25) is 4.79 Å². The third-order valence-electron chi connectivity index (χ3n) is 5.29. The molecule has 2 saturated carbocycles. The number of hydrogen-bond donors (Lipinski definition) is 1. The van der Waals surface area contributed by atoms with Crippen LogP contribution in [0.2, 0.25) is 0 Å². The SMILES string of the molecule is C=C1C(C)(C)[C@H]2CC[C@@]1(C(=O)Nc1ccc(Br)cn1)C2. The van der Waals surface area contributed by atoms with Crippen LogP contribution < -0.4 is 5.32 Å². The number of pyridine rings is 1. The van der Waals surface area contributed by atoms with Crippen LogP contribution in [0.4, 0.5) is 5.82 Å². The summed E-state index contributed by atoms with van der Waals surface area (Å²) >= 11 is 3.34. The van der Waals surface area contributed by atoms with Crippen LogP contribution in [0.5, 0.6) is 0 Å². The summed E-state index contributed by atoms with van der Waals surface area (Å²) < 4.78 is 0.904. The number of nitrogens with one attached hydrogen (secondary N) is 1. The first-order valence-corrected chi connectivity index (χ1v) is 7.78. The topological polar surface area (TPSA) is 42.0 Å². The molecule has 20 heavy (non-hydrogen) atoms. The lowest BCUT2D eigenvalue weighted by molar-refractivity contribution is -0.123. The monoisotopic (exact) mass is 334 g/mol. The smallest absolute Gasteiger partial charge is 0.235 e. The minimum absolute atomic E-state index is 0.0606. The van der Waals surface area contributed by atoms with Crippen molar-refractivity contribution < 1.29 is 4.79 Å². The highest BCUT2D eigenvalue weighted by molar-refractivity contribution is 9.10. The lowest BCUT2D eigenvalue weighted by atomic mass is 9.68. The second-order valence-electron chi connectivity index (χ2n) is 6.54. The molecule has 0 radical (unpaired) electrons. The molecule has 106 valence electrons. The van der Waals surface area contributed by atoms with E-state index in [0.29, 0.717) is 11.7 Å². The van der Waals surface area contributed by atoms with E-state index in [1.165, 1.54) is 0 Å². The van der Waals surface area contributed by atoms with Crippen LogP contribution in [0, 0.1) is 16.7 Å². The molecule has 1 N–H and O–H groups in total. The van der Waals surface area contributed by atoms with Crippen molar-refractivity contribution >= 4 is 27.7 Å². The zero-order valence-electron chi connectivity index (χ0n) is 11.9. The summed E-state index contributed by atoms with van der Waals surface area (Å²) in [6.45, 7) is 8.68. The molecule has 0 aromatic carbocycles. The van der Waals surface area contributed by atoms with Crippen molar-refractivity contribution in [3.05, 3.63) is 35.0 Å². The van der Waals surface area contributed by atoms with Crippen LogP contribution in [0.25, 0.3) is 0 Å². The van der Waals surface area contributed by atoms with Crippen molar-refractivity contribution in [3.63, 3.8) is 0 Å². The van der Waals surface area contributed by atoms with Gasteiger partial charge < -0.3 is 5.32 Å². The van der Waals surface area contributed by atoms with Crippen molar-refractivity contribution in [2.24, 2.45) is 16.7 Å². The Morgan fingerprint density at radius 3 is 2.80 bits per heavy atom. The molecular weight excluding hydrogens is 316 g/mol. The molecule has 2 aliphatic rings. The fourth-order valence-corrected chi connectivity index (χ4v) is 4.06. The van der Waals surface area contributed by atoms with Crippen molar-refractivity contribution in [1.82, 2.24) is 4.98 Å². The normalized spacial score (nSPS) is 30.6. The van der Waals surface area contributed by atoms with Gasteiger partial charge in [0.1, 0.15) is 5.82 Å². The highest BCUT2D eigenvalue weighted by atomic mass is 79.9. The maximum Gasteiger partial charge on any atom is 0.235 e. The van der Waals surface area contributed by atoms with Crippen LogP contribution in [-0.4, -0.2) is 10.9 Å². The fraction of sp³-hybridized carbons (Fsp3) is 0.500. The van der Waals surface area contributed by atoms with Gasteiger partial charge in [-0.15, -0.1) is 0 Å². The van der Waals surface area contributed by atoms with Gasteiger partial charge in [0.15, 0.2) is 0 Å². The first-order valence-electron chi connectivity index (χ1n) is 6.99. The highest BCUT2D eigenvalue weighted by Crippen LogP contribution is 2.65. The first kappa shape index (κ1) is 13.8. The third kappa shape index (κ3) is 1.85. The van der Waals surface area contributed by atoms with E-state index in [0.717, 1.165) is 29.3 Å². The van der Waals surface area contributed by atoms with Crippen LogP contribution in [0.3, 0.4) is 0 Å². The minimum atomic E-state index is -0.386. The molecule has 1 amide bonds. The van der Waals surface area contributed by atoms with Crippen LogP contribution >= 0.6 is 15.9 Å². The number of hydrogen-bond acceptors (Lipinski definition) is 2. The van der Waals surface area contributed by atoms with Gasteiger partial charge in [-0.25, -0.2) is 4.98 Å². The molecule has 3 rings (SSSR count). The first-order chi connectivity index (χ1) is 9.36. The second kappa shape index (κ2) is 4.42.